The van der Waals surface area contributed by atoms with Gasteiger partial charge in [0.1, 0.15) is 0 Å². The van der Waals surface area contributed by atoms with E-state index in [0.717, 1.165) is 41.6 Å². The molecule has 4 aliphatic carbocycles. The second-order valence-electron chi connectivity index (χ2n) is 10.2. The molecule has 2 N–H and O–H groups in total. The first-order valence-electron chi connectivity index (χ1n) is 10.8. The van der Waals surface area contributed by atoms with Gasteiger partial charge in [0.15, 0.2) is 0 Å². The van der Waals surface area contributed by atoms with E-state index < -0.39 is 5.60 Å². The first-order valence-corrected chi connectivity index (χ1v) is 10.8. The van der Waals surface area contributed by atoms with Crippen LogP contribution < -0.4 is 11.0 Å². The lowest BCUT2D eigenvalue weighted by Gasteiger charge is -2.60. The summed E-state index contributed by atoms with van der Waals surface area (Å²) in [7, 11) is 0. The summed E-state index contributed by atoms with van der Waals surface area (Å²) in [5.41, 5.74) is 2.53. The molecule has 1 aromatic carbocycles. The highest BCUT2D eigenvalue weighted by Gasteiger charge is 2.57. The van der Waals surface area contributed by atoms with Crippen molar-refractivity contribution in [3.63, 3.8) is 0 Å². The van der Waals surface area contributed by atoms with Crippen LogP contribution in [0.5, 0.6) is 0 Å². The van der Waals surface area contributed by atoms with E-state index in [9.17, 15) is 14.7 Å². The zero-order valence-electron chi connectivity index (χ0n) is 17.1. The number of carbonyl (C=O) groups excluding carboxylic acids is 1. The van der Waals surface area contributed by atoms with E-state index in [1.807, 2.05) is 32.0 Å². The Morgan fingerprint density at radius 1 is 1.21 bits per heavy atom. The van der Waals surface area contributed by atoms with E-state index in [1.165, 1.54) is 6.42 Å². The summed E-state index contributed by atoms with van der Waals surface area (Å²) in [5, 5.41) is 16.8. The Bertz CT molecular complexity index is 1030. The minimum atomic E-state index is -0.590. The lowest BCUT2D eigenvalue weighted by atomic mass is 9.47. The number of rotatable bonds is 4. The van der Waals surface area contributed by atoms with E-state index >= 15 is 0 Å². The molecule has 29 heavy (non-hydrogen) atoms. The van der Waals surface area contributed by atoms with Crippen LogP contribution in [0.15, 0.2) is 29.1 Å². The van der Waals surface area contributed by atoms with Crippen molar-refractivity contribution in [1.29, 1.82) is 0 Å². The molecule has 6 nitrogen and oxygen atoms in total. The Labute approximate surface area is 170 Å². The Hall–Kier alpha value is -2.21. The molecular formula is C23H29N3O3. The van der Waals surface area contributed by atoms with Gasteiger partial charge in [0.25, 0.3) is 5.56 Å². The van der Waals surface area contributed by atoms with Gasteiger partial charge in [0.05, 0.1) is 16.7 Å². The molecule has 6 heteroatoms. The van der Waals surface area contributed by atoms with Crippen LogP contribution in [-0.2, 0) is 4.79 Å². The average molecular weight is 396 g/mol. The summed E-state index contributed by atoms with van der Waals surface area (Å²) in [6.45, 7) is 4.06. The number of aliphatic hydroxyl groups is 1. The minimum absolute atomic E-state index is 0.126. The highest BCUT2D eigenvalue weighted by molar-refractivity contribution is 5.86. The number of carbonyl (C=O) groups is 1. The maximum Gasteiger partial charge on any atom is 0.294 e. The van der Waals surface area contributed by atoms with E-state index in [0.29, 0.717) is 30.1 Å². The van der Waals surface area contributed by atoms with Gasteiger partial charge in [-0.15, -0.1) is 4.79 Å². The Balaban J connectivity index is 1.42. The zero-order chi connectivity index (χ0) is 20.4. The number of benzene rings is 1. The predicted molar refractivity (Wildman–Crippen MR) is 111 cm³/mol. The van der Waals surface area contributed by atoms with Gasteiger partial charge in [-0.1, -0.05) is 32.0 Å². The van der Waals surface area contributed by atoms with Crippen molar-refractivity contribution in [2.45, 2.75) is 70.3 Å². The highest BCUT2D eigenvalue weighted by Crippen LogP contribution is 2.62. The number of hydrogen-bond donors (Lipinski definition) is 2. The van der Waals surface area contributed by atoms with Crippen LogP contribution in [0.25, 0.3) is 10.8 Å². The van der Waals surface area contributed by atoms with E-state index in [1.54, 1.807) is 6.07 Å². The number of nitrogens with one attached hydrogen (secondary N) is 1. The van der Waals surface area contributed by atoms with Crippen LogP contribution in [0.2, 0.25) is 0 Å². The first-order chi connectivity index (χ1) is 13.8. The van der Waals surface area contributed by atoms with Crippen molar-refractivity contribution in [1.82, 2.24) is 9.89 Å². The molecular weight excluding hydrogens is 366 g/mol. The number of nitrogens with zero attached hydrogens (tertiary/aromatic N) is 2. The second-order valence-corrected chi connectivity index (χ2v) is 10.2. The Morgan fingerprint density at radius 3 is 2.48 bits per heavy atom. The summed E-state index contributed by atoms with van der Waals surface area (Å²) in [5.74, 6) is 1.00. The van der Waals surface area contributed by atoms with Crippen LogP contribution in [-0.4, -0.2) is 26.5 Å². The van der Waals surface area contributed by atoms with E-state index in [-0.39, 0.29) is 22.8 Å². The third kappa shape index (κ3) is 3.18. The standard InChI is InChI=1S/C23H29N3O3/c1-14(2)20-17-5-3-4-6-18(17)21(28)26(25-20)24-19(27)12-22-8-15-7-16(9-22)11-23(29,10-15)13-22/h3-6,14-16,29H,7-13H2,1-2H3,(H,24,27). The predicted octanol–water partition coefficient (Wildman–Crippen LogP) is 3.31. The van der Waals surface area contributed by atoms with Crippen LogP contribution in [0, 0.1) is 17.3 Å². The largest absolute Gasteiger partial charge is 0.390 e. The van der Waals surface area contributed by atoms with Gasteiger partial charge in [-0.3, -0.25) is 9.59 Å². The number of aromatic nitrogens is 2. The van der Waals surface area contributed by atoms with Crippen LogP contribution >= 0.6 is 0 Å². The average Bonchev–Trinajstić information content (AvgIpc) is 2.61. The SMILES string of the molecule is CC(C)c1nn(NC(=O)CC23CC4CC(CC(O)(C4)C2)C3)c(=O)c2ccccc12. The van der Waals surface area contributed by atoms with Crippen LogP contribution in [0.1, 0.15) is 70.4 Å². The first kappa shape index (κ1) is 18.8. The lowest BCUT2D eigenvalue weighted by Crippen LogP contribution is -2.56. The van der Waals surface area contributed by atoms with Crippen molar-refractivity contribution in [3.8, 4) is 0 Å². The smallest absolute Gasteiger partial charge is 0.294 e. The van der Waals surface area contributed by atoms with Crippen molar-refractivity contribution in [2.75, 3.05) is 5.43 Å². The monoisotopic (exact) mass is 395 g/mol. The van der Waals surface area contributed by atoms with Crippen molar-refractivity contribution < 1.29 is 9.90 Å². The highest BCUT2D eigenvalue weighted by atomic mass is 16.3. The molecule has 4 fully saturated rings. The van der Waals surface area contributed by atoms with Gasteiger partial charge in [0.2, 0.25) is 5.91 Å². The summed E-state index contributed by atoms with van der Waals surface area (Å²) in [4.78, 5) is 27.0. The van der Waals surface area contributed by atoms with Gasteiger partial charge >= 0.3 is 0 Å². The summed E-state index contributed by atoms with van der Waals surface area (Å²) in [6, 6.07) is 7.41. The van der Waals surface area contributed by atoms with Gasteiger partial charge < -0.3 is 5.11 Å². The summed E-state index contributed by atoms with van der Waals surface area (Å²) >= 11 is 0. The maximum atomic E-state index is 13.0. The molecule has 6 rings (SSSR count). The second kappa shape index (κ2) is 6.39. The van der Waals surface area contributed by atoms with Gasteiger partial charge in [0, 0.05) is 11.8 Å². The topological polar surface area (TPSA) is 84.2 Å². The minimum Gasteiger partial charge on any atom is -0.390 e. The molecule has 4 saturated carbocycles. The molecule has 0 aliphatic heterocycles. The van der Waals surface area contributed by atoms with E-state index in [2.05, 4.69) is 10.5 Å². The van der Waals surface area contributed by atoms with Crippen molar-refractivity contribution in [3.05, 3.63) is 40.3 Å². The zero-order valence-corrected chi connectivity index (χ0v) is 17.1. The molecule has 1 amide bonds. The van der Waals surface area contributed by atoms with Crippen LogP contribution in [0.3, 0.4) is 0 Å². The number of hydrogen-bond acceptors (Lipinski definition) is 4. The Kier molecular flexibility index (Phi) is 4.14. The molecule has 154 valence electrons. The molecule has 4 bridgehead atoms. The number of fused-ring (bicyclic) bond motifs is 1. The molecule has 4 aliphatic rings. The summed E-state index contributed by atoms with van der Waals surface area (Å²) in [6.07, 6.45) is 6.03. The van der Waals surface area contributed by atoms with Gasteiger partial charge in [-0.2, -0.15) is 5.10 Å². The molecule has 0 spiro atoms. The van der Waals surface area contributed by atoms with E-state index in [4.69, 9.17) is 0 Å². The Morgan fingerprint density at radius 2 is 1.86 bits per heavy atom. The van der Waals surface area contributed by atoms with Gasteiger partial charge in [-0.05, 0) is 67.8 Å². The fourth-order valence-electron chi connectivity index (χ4n) is 6.82. The lowest BCUT2D eigenvalue weighted by molar-refractivity contribution is -0.168. The fourth-order valence-corrected chi connectivity index (χ4v) is 6.82. The quantitative estimate of drug-likeness (QED) is 0.832. The molecule has 2 unspecified atom stereocenters. The molecule has 1 aromatic heterocycles. The molecule has 2 aromatic rings. The molecule has 0 radical (unpaired) electrons. The van der Waals surface area contributed by atoms with Crippen molar-refractivity contribution in [2.24, 2.45) is 17.3 Å². The molecule has 0 saturated heterocycles. The summed E-state index contributed by atoms with van der Waals surface area (Å²) < 4.78 is 0. The molecule has 2 atom stereocenters. The third-order valence-electron chi connectivity index (χ3n) is 7.30. The molecule has 1 heterocycles. The number of amides is 1. The fraction of sp³-hybridized carbons (Fsp3) is 0.609. The maximum absolute atomic E-state index is 13.0. The van der Waals surface area contributed by atoms with Crippen molar-refractivity contribution >= 4 is 16.7 Å². The third-order valence-corrected chi connectivity index (χ3v) is 7.30. The van der Waals surface area contributed by atoms with Gasteiger partial charge in [-0.25, -0.2) is 5.43 Å². The van der Waals surface area contributed by atoms with Crippen LogP contribution in [0.4, 0.5) is 0 Å². The normalized spacial score (nSPS) is 32.8.